The molecular formula is C37H76. The highest BCUT2D eigenvalue weighted by Crippen LogP contribution is 2.23. The fraction of sp³-hybridized carbons (Fsp3) is 1.00. The van der Waals surface area contributed by atoms with Gasteiger partial charge >= 0.3 is 0 Å². The first-order valence-corrected chi connectivity index (χ1v) is 18.1. The lowest BCUT2D eigenvalue weighted by Gasteiger charge is -2.14. The van der Waals surface area contributed by atoms with E-state index >= 15 is 0 Å². The third kappa shape index (κ3) is 30.4. The minimum Gasteiger partial charge on any atom is -0.0654 e. The van der Waals surface area contributed by atoms with Crippen molar-refractivity contribution < 1.29 is 0 Å². The van der Waals surface area contributed by atoms with Gasteiger partial charge in [0, 0.05) is 0 Å². The van der Waals surface area contributed by atoms with Gasteiger partial charge in [-0.2, -0.15) is 0 Å². The van der Waals surface area contributed by atoms with Gasteiger partial charge in [0.05, 0.1) is 0 Å². The lowest BCUT2D eigenvalue weighted by Crippen LogP contribution is -1.99. The molecule has 0 nitrogen and oxygen atoms in total. The third-order valence-electron chi connectivity index (χ3n) is 9.14. The van der Waals surface area contributed by atoms with Crippen LogP contribution >= 0.6 is 0 Å². The summed E-state index contributed by atoms with van der Waals surface area (Å²) in [5.41, 5.74) is 0. The second-order valence-corrected chi connectivity index (χ2v) is 13.5. The minimum atomic E-state index is 0.951. The predicted molar refractivity (Wildman–Crippen MR) is 173 cm³/mol. The quantitative estimate of drug-likeness (QED) is 0.0797. The van der Waals surface area contributed by atoms with Crippen LogP contribution in [0, 0.1) is 17.8 Å². The highest BCUT2D eigenvalue weighted by atomic mass is 14.1. The molecule has 0 saturated heterocycles. The zero-order chi connectivity index (χ0) is 27.2. The molecule has 3 atom stereocenters. The molecular weight excluding hydrogens is 444 g/mol. The summed E-state index contributed by atoms with van der Waals surface area (Å²) in [5, 5.41) is 0. The number of rotatable bonds is 31. The normalized spacial score (nSPS) is 14.2. The zero-order valence-electron chi connectivity index (χ0n) is 27.2. The first kappa shape index (κ1) is 37.0. The summed E-state index contributed by atoms with van der Waals surface area (Å²) in [6.07, 6.45) is 42.5. The summed E-state index contributed by atoms with van der Waals surface area (Å²) in [7, 11) is 0. The van der Waals surface area contributed by atoms with Crippen molar-refractivity contribution in [3.63, 3.8) is 0 Å². The second kappa shape index (κ2) is 30.5. The molecule has 0 radical (unpaired) electrons. The Morgan fingerprint density at radius 2 is 0.432 bits per heavy atom. The van der Waals surface area contributed by atoms with E-state index in [2.05, 4.69) is 34.6 Å². The molecule has 0 spiro atoms. The highest BCUT2D eigenvalue weighted by Gasteiger charge is 2.07. The first-order valence-electron chi connectivity index (χ1n) is 18.1. The molecule has 0 aromatic rings. The van der Waals surface area contributed by atoms with Crippen LogP contribution in [0.3, 0.4) is 0 Å². The van der Waals surface area contributed by atoms with Crippen molar-refractivity contribution >= 4 is 0 Å². The summed E-state index contributed by atoms with van der Waals surface area (Å²) in [6.45, 7) is 12.1. The molecule has 3 unspecified atom stereocenters. The van der Waals surface area contributed by atoms with Gasteiger partial charge in [0.2, 0.25) is 0 Å². The van der Waals surface area contributed by atoms with E-state index < -0.39 is 0 Å². The fourth-order valence-electron chi connectivity index (χ4n) is 6.19. The van der Waals surface area contributed by atoms with Crippen LogP contribution in [0.25, 0.3) is 0 Å². The molecule has 0 amide bonds. The van der Waals surface area contributed by atoms with Gasteiger partial charge in [-0.1, -0.05) is 221 Å². The zero-order valence-corrected chi connectivity index (χ0v) is 27.2. The van der Waals surface area contributed by atoms with Crippen LogP contribution in [-0.2, 0) is 0 Å². The molecule has 0 aromatic carbocycles. The molecule has 0 aliphatic rings. The molecule has 224 valence electrons. The smallest absolute Gasteiger partial charge is 0.0443 e. The third-order valence-corrected chi connectivity index (χ3v) is 9.14. The van der Waals surface area contributed by atoms with Crippen LogP contribution in [0.15, 0.2) is 0 Å². The number of hydrogen-bond donors (Lipinski definition) is 0. The van der Waals surface area contributed by atoms with Gasteiger partial charge in [0.15, 0.2) is 0 Å². The van der Waals surface area contributed by atoms with Gasteiger partial charge in [-0.25, -0.2) is 0 Å². The summed E-state index contributed by atoms with van der Waals surface area (Å²) in [4.78, 5) is 0. The van der Waals surface area contributed by atoms with E-state index in [1.54, 1.807) is 0 Å². The minimum absolute atomic E-state index is 0.951. The van der Waals surface area contributed by atoms with Crippen LogP contribution in [0.2, 0.25) is 0 Å². The SMILES string of the molecule is CCCCCCCCCCCCC(C)CCCCCCCC(C)CCCC(C)CCCCCCCCC. The van der Waals surface area contributed by atoms with E-state index in [1.807, 2.05) is 0 Å². The molecule has 37 heavy (non-hydrogen) atoms. The summed E-state index contributed by atoms with van der Waals surface area (Å²) in [5.74, 6) is 2.87. The first-order chi connectivity index (χ1) is 18.1. The maximum Gasteiger partial charge on any atom is -0.0443 e. The van der Waals surface area contributed by atoms with Crippen molar-refractivity contribution in [3.8, 4) is 0 Å². The van der Waals surface area contributed by atoms with Crippen molar-refractivity contribution in [2.75, 3.05) is 0 Å². The number of unbranched alkanes of at least 4 members (excludes halogenated alkanes) is 19. The van der Waals surface area contributed by atoms with Crippen LogP contribution in [0.1, 0.15) is 221 Å². The van der Waals surface area contributed by atoms with Gasteiger partial charge in [-0.15, -0.1) is 0 Å². The molecule has 0 heterocycles. The van der Waals surface area contributed by atoms with Crippen molar-refractivity contribution in [2.45, 2.75) is 221 Å². The van der Waals surface area contributed by atoms with Gasteiger partial charge in [0.1, 0.15) is 0 Å². The van der Waals surface area contributed by atoms with Gasteiger partial charge in [-0.05, 0) is 17.8 Å². The molecule has 0 bridgehead atoms. The Kier molecular flexibility index (Phi) is 30.5. The van der Waals surface area contributed by atoms with Crippen molar-refractivity contribution in [2.24, 2.45) is 17.8 Å². The largest absolute Gasteiger partial charge is 0.0654 e. The molecule has 0 N–H and O–H groups in total. The monoisotopic (exact) mass is 521 g/mol. The molecule has 0 aromatic heterocycles. The molecule has 0 rings (SSSR count). The van der Waals surface area contributed by atoms with Crippen LogP contribution in [0.5, 0.6) is 0 Å². The van der Waals surface area contributed by atoms with E-state index in [4.69, 9.17) is 0 Å². The maximum absolute atomic E-state index is 2.51. The van der Waals surface area contributed by atoms with Crippen molar-refractivity contribution in [3.05, 3.63) is 0 Å². The van der Waals surface area contributed by atoms with Gasteiger partial charge < -0.3 is 0 Å². The van der Waals surface area contributed by atoms with E-state index in [-0.39, 0.29) is 0 Å². The fourth-order valence-corrected chi connectivity index (χ4v) is 6.19. The Morgan fingerprint density at radius 1 is 0.243 bits per heavy atom. The van der Waals surface area contributed by atoms with Crippen LogP contribution in [-0.4, -0.2) is 0 Å². The topological polar surface area (TPSA) is 0 Å². The Morgan fingerprint density at radius 3 is 0.676 bits per heavy atom. The predicted octanol–water partition coefficient (Wildman–Crippen LogP) is 14.2. The second-order valence-electron chi connectivity index (χ2n) is 13.5. The Bertz CT molecular complexity index is 399. The maximum atomic E-state index is 2.51. The van der Waals surface area contributed by atoms with Crippen molar-refractivity contribution in [1.82, 2.24) is 0 Å². The van der Waals surface area contributed by atoms with Gasteiger partial charge in [-0.3, -0.25) is 0 Å². The Balaban J connectivity index is 3.34. The average Bonchev–Trinajstić information content (AvgIpc) is 2.88. The van der Waals surface area contributed by atoms with E-state index in [9.17, 15) is 0 Å². The summed E-state index contributed by atoms with van der Waals surface area (Å²) >= 11 is 0. The molecule has 0 aliphatic carbocycles. The Labute approximate surface area is 238 Å². The standard InChI is InChI=1S/C37H76/c1-6-8-10-12-14-15-16-18-21-24-29-35(3)30-26-22-19-23-27-32-37(5)34-28-33-36(4)31-25-20-17-13-11-9-7-2/h35-37H,6-34H2,1-5H3. The van der Waals surface area contributed by atoms with Gasteiger partial charge in [0.25, 0.3) is 0 Å². The molecule has 0 aliphatic heterocycles. The van der Waals surface area contributed by atoms with Crippen LogP contribution in [0.4, 0.5) is 0 Å². The average molecular weight is 521 g/mol. The molecule has 0 heteroatoms. The van der Waals surface area contributed by atoms with Crippen molar-refractivity contribution in [1.29, 1.82) is 0 Å². The van der Waals surface area contributed by atoms with E-state index in [1.165, 1.54) is 186 Å². The molecule has 0 saturated carbocycles. The molecule has 0 fully saturated rings. The summed E-state index contributed by atoms with van der Waals surface area (Å²) in [6, 6.07) is 0. The van der Waals surface area contributed by atoms with E-state index in [0.717, 1.165) is 17.8 Å². The highest BCUT2D eigenvalue weighted by molar-refractivity contribution is 4.60. The lowest BCUT2D eigenvalue weighted by atomic mass is 9.92. The number of hydrogen-bond acceptors (Lipinski definition) is 0. The summed E-state index contributed by atoms with van der Waals surface area (Å²) < 4.78 is 0. The Hall–Kier alpha value is 0. The lowest BCUT2D eigenvalue weighted by molar-refractivity contribution is 0.389. The van der Waals surface area contributed by atoms with E-state index in [0.29, 0.717) is 0 Å². The van der Waals surface area contributed by atoms with Crippen LogP contribution < -0.4 is 0 Å².